The van der Waals surface area contributed by atoms with Crippen LogP contribution in [0.2, 0.25) is 0 Å². The third-order valence-corrected chi connectivity index (χ3v) is 9.14. The van der Waals surface area contributed by atoms with Gasteiger partial charge in [-0.1, -0.05) is 121 Å². The molecule has 0 amide bonds. The Morgan fingerprint density at radius 2 is 0.875 bits per heavy atom. The van der Waals surface area contributed by atoms with Crippen LogP contribution >= 0.6 is 0 Å². The largest absolute Gasteiger partial charge is 0.0654 e. The van der Waals surface area contributed by atoms with Gasteiger partial charge in [-0.25, -0.2) is 0 Å². The topological polar surface area (TPSA) is 0 Å². The van der Waals surface area contributed by atoms with Gasteiger partial charge >= 0.3 is 0 Å². The first kappa shape index (κ1) is 28.9. The highest BCUT2D eigenvalue weighted by atomic mass is 14.3. The Morgan fingerprint density at radius 3 is 1.30 bits per heavy atom. The molecule has 5 aromatic rings. The lowest BCUT2D eigenvalue weighted by atomic mass is 9.74. The second-order valence-electron chi connectivity index (χ2n) is 16.6. The fourth-order valence-corrected chi connectivity index (χ4v) is 6.60. The molecule has 0 aliphatic heterocycles. The first-order chi connectivity index (χ1) is 18.3. The van der Waals surface area contributed by atoms with Crippen LogP contribution in [-0.4, -0.2) is 0 Å². The number of unbranched alkanes of at least 4 members (excludes halogenated alkanes) is 1. The molecular formula is C40H52. The van der Waals surface area contributed by atoms with Crippen LogP contribution in [0, 0.1) is 0 Å². The van der Waals surface area contributed by atoms with E-state index >= 15 is 0 Å². The monoisotopic (exact) mass is 532 g/mol. The zero-order valence-corrected chi connectivity index (χ0v) is 27.7. The van der Waals surface area contributed by atoms with Crippen molar-refractivity contribution in [2.24, 2.45) is 0 Å². The second-order valence-corrected chi connectivity index (χ2v) is 16.6. The number of fused-ring (bicyclic) bond motifs is 2. The predicted octanol–water partition coefficient (Wildman–Crippen LogP) is 12.3. The van der Waals surface area contributed by atoms with E-state index in [1.54, 1.807) is 5.56 Å². The van der Waals surface area contributed by atoms with Crippen LogP contribution in [-0.2, 0) is 28.1 Å². The van der Waals surface area contributed by atoms with Crippen molar-refractivity contribution >= 4 is 43.1 Å². The van der Waals surface area contributed by atoms with Gasteiger partial charge in [0.15, 0.2) is 0 Å². The molecule has 0 atom stereocenters. The summed E-state index contributed by atoms with van der Waals surface area (Å²) in [6.07, 6.45) is 3.56. The highest BCUT2D eigenvalue weighted by Crippen LogP contribution is 2.48. The van der Waals surface area contributed by atoms with Gasteiger partial charge < -0.3 is 0 Å². The van der Waals surface area contributed by atoms with Crippen LogP contribution in [0.3, 0.4) is 0 Å². The lowest BCUT2D eigenvalue weighted by Crippen LogP contribution is -2.16. The molecule has 0 aromatic heterocycles. The Kier molecular flexibility index (Phi) is 6.65. The molecule has 0 heterocycles. The van der Waals surface area contributed by atoms with Gasteiger partial charge in [0.1, 0.15) is 0 Å². The minimum absolute atomic E-state index is 0.0722. The summed E-state index contributed by atoms with van der Waals surface area (Å²) in [6.45, 7) is 30.7. The van der Waals surface area contributed by atoms with E-state index in [1.807, 2.05) is 0 Å². The summed E-state index contributed by atoms with van der Waals surface area (Å²) in [5.41, 5.74) is 7.66. The first-order valence-electron chi connectivity index (χ1n) is 15.6. The van der Waals surface area contributed by atoms with Crippen LogP contribution in [0.25, 0.3) is 43.1 Å². The van der Waals surface area contributed by atoms with Gasteiger partial charge in [0.25, 0.3) is 0 Å². The molecule has 5 rings (SSSR count). The van der Waals surface area contributed by atoms with Crippen molar-refractivity contribution in [3.05, 3.63) is 70.3 Å². The Morgan fingerprint density at radius 1 is 0.450 bits per heavy atom. The lowest BCUT2D eigenvalue weighted by molar-refractivity contribution is 0.581. The standard InChI is InChI=1S/C40H52/c1-14-15-16-29-33(40(11,12)13)20-25-19-27(38(5,6)7)22-31-30-21-26(37(2,3)4)17-24-18-28(39(8,9)10)23-32(34(24)30)36(29)35(25)31/h17-23H,14-16H2,1-13H3. The van der Waals surface area contributed by atoms with Crippen molar-refractivity contribution in [3.8, 4) is 0 Å². The zero-order chi connectivity index (χ0) is 29.6. The minimum Gasteiger partial charge on any atom is -0.0654 e. The molecule has 0 spiro atoms. The van der Waals surface area contributed by atoms with Gasteiger partial charge in [-0.15, -0.1) is 0 Å². The van der Waals surface area contributed by atoms with E-state index in [0.717, 1.165) is 6.42 Å². The molecule has 0 saturated carbocycles. The fourth-order valence-electron chi connectivity index (χ4n) is 6.60. The molecule has 212 valence electrons. The lowest BCUT2D eigenvalue weighted by Gasteiger charge is -2.30. The van der Waals surface area contributed by atoms with Crippen LogP contribution in [0.5, 0.6) is 0 Å². The molecule has 0 aliphatic rings. The summed E-state index contributed by atoms with van der Waals surface area (Å²) in [7, 11) is 0. The summed E-state index contributed by atoms with van der Waals surface area (Å²) in [4.78, 5) is 0. The number of hydrogen-bond acceptors (Lipinski definition) is 0. The van der Waals surface area contributed by atoms with E-state index in [2.05, 4.69) is 132 Å². The third-order valence-electron chi connectivity index (χ3n) is 9.14. The SMILES string of the molecule is CCCCc1c(C(C)(C)C)cc2cc(C(C)(C)C)cc3c4cc(C(C)(C)C)cc5cc(C(C)(C)C)cc(c1c23)c54. The molecule has 0 radical (unpaired) electrons. The normalized spacial score (nSPS) is 13.9. The molecule has 0 bridgehead atoms. The Hall–Kier alpha value is -2.60. The van der Waals surface area contributed by atoms with Gasteiger partial charge in [-0.3, -0.25) is 0 Å². The molecule has 5 aromatic carbocycles. The number of rotatable bonds is 3. The zero-order valence-electron chi connectivity index (χ0n) is 27.7. The molecule has 0 saturated heterocycles. The van der Waals surface area contributed by atoms with Crippen molar-refractivity contribution in [3.63, 3.8) is 0 Å². The van der Waals surface area contributed by atoms with E-state index in [4.69, 9.17) is 0 Å². The third kappa shape index (κ3) is 4.80. The van der Waals surface area contributed by atoms with Crippen molar-refractivity contribution < 1.29 is 0 Å². The summed E-state index contributed by atoms with van der Waals surface area (Å²) in [5, 5.41) is 11.5. The van der Waals surface area contributed by atoms with E-state index in [1.165, 1.54) is 78.2 Å². The highest BCUT2D eigenvalue weighted by Gasteiger charge is 2.28. The average Bonchev–Trinajstić information content (AvgIpc) is 2.82. The van der Waals surface area contributed by atoms with Crippen molar-refractivity contribution in [1.82, 2.24) is 0 Å². The van der Waals surface area contributed by atoms with E-state index < -0.39 is 0 Å². The van der Waals surface area contributed by atoms with Gasteiger partial charge in [0.2, 0.25) is 0 Å². The molecule has 0 N–H and O–H groups in total. The van der Waals surface area contributed by atoms with Crippen LogP contribution in [0.15, 0.2) is 42.5 Å². The molecule has 0 aliphatic carbocycles. The summed E-state index contributed by atoms with van der Waals surface area (Å²) in [5.74, 6) is 0. The molecular weight excluding hydrogens is 480 g/mol. The Bertz CT molecular complexity index is 1730. The Balaban J connectivity index is 2.18. The molecule has 0 heteroatoms. The first-order valence-corrected chi connectivity index (χ1v) is 15.6. The number of hydrogen-bond donors (Lipinski definition) is 0. The smallest absolute Gasteiger partial charge is 0.00232 e. The molecule has 0 unspecified atom stereocenters. The number of benzene rings is 5. The Labute approximate surface area is 243 Å². The maximum Gasteiger partial charge on any atom is -0.00232 e. The van der Waals surface area contributed by atoms with Crippen LogP contribution in [0.4, 0.5) is 0 Å². The number of aryl methyl sites for hydroxylation is 1. The second kappa shape index (κ2) is 9.20. The summed E-state index contributed by atoms with van der Waals surface area (Å²) < 4.78 is 0. The van der Waals surface area contributed by atoms with Gasteiger partial charge in [0.05, 0.1) is 0 Å². The summed E-state index contributed by atoms with van der Waals surface area (Å²) in [6, 6.07) is 17.7. The quantitative estimate of drug-likeness (QED) is 0.160. The predicted molar refractivity (Wildman–Crippen MR) is 181 cm³/mol. The van der Waals surface area contributed by atoms with Crippen molar-refractivity contribution in [2.75, 3.05) is 0 Å². The minimum atomic E-state index is 0.0722. The van der Waals surface area contributed by atoms with E-state index in [9.17, 15) is 0 Å². The van der Waals surface area contributed by atoms with Gasteiger partial charge in [0, 0.05) is 0 Å². The van der Waals surface area contributed by atoms with Gasteiger partial charge in [-0.2, -0.15) is 0 Å². The average molecular weight is 533 g/mol. The van der Waals surface area contributed by atoms with Crippen LogP contribution < -0.4 is 0 Å². The van der Waals surface area contributed by atoms with Crippen LogP contribution in [0.1, 0.15) is 131 Å². The molecule has 0 fully saturated rings. The molecule has 40 heavy (non-hydrogen) atoms. The maximum atomic E-state index is 2.56. The molecule has 0 nitrogen and oxygen atoms in total. The fraction of sp³-hybridized carbons (Fsp3) is 0.500. The highest BCUT2D eigenvalue weighted by molar-refractivity contribution is 6.34. The maximum absolute atomic E-state index is 2.56. The van der Waals surface area contributed by atoms with Crippen molar-refractivity contribution in [2.45, 2.75) is 131 Å². The van der Waals surface area contributed by atoms with E-state index in [0.29, 0.717) is 0 Å². The van der Waals surface area contributed by atoms with Crippen molar-refractivity contribution in [1.29, 1.82) is 0 Å². The summed E-state index contributed by atoms with van der Waals surface area (Å²) >= 11 is 0. The van der Waals surface area contributed by atoms with Gasteiger partial charge in [-0.05, 0) is 124 Å². The van der Waals surface area contributed by atoms with E-state index in [-0.39, 0.29) is 21.7 Å².